The Hall–Kier alpha value is -3.26. The number of rotatable bonds is 9. The summed E-state index contributed by atoms with van der Waals surface area (Å²) < 4.78 is 16.2. The summed E-state index contributed by atoms with van der Waals surface area (Å²) in [5.74, 6) is 0.686. The number of benzene rings is 2. The number of ether oxygens (including phenoxy) is 3. The molecule has 2 amide bonds. The molecule has 1 aliphatic rings. The van der Waals surface area contributed by atoms with Gasteiger partial charge in [-0.1, -0.05) is 32.4 Å². The van der Waals surface area contributed by atoms with Gasteiger partial charge in [-0.2, -0.15) is 5.10 Å². The number of carbonyl (C=O) groups is 2. The van der Waals surface area contributed by atoms with E-state index >= 15 is 0 Å². The molecule has 1 atom stereocenters. The molecular formula is C23H26ClN3O5. The first-order valence-electron chi connectivity index (χ1n) is 10.3. The first-order valence-corrected chi connectivity index (χ1v) is 10.7. The Morgan fingerprint density at radius 3 is 2.72 bits per heavy atom. The fraction of sp³-hybridized carbons (Fsp3) is 0.348. The monoisotopic (exact) mass is 459 g/mol. The third-order valence-electron chi connectivity index (χ3n) is 4.68. The van der Waals surface area contributed by atoms with Crippen LogP contribution in [0.4, 0.5) is 0 Å². The van der Waals surface area contributed by atoms with Crippen LogP contribution in [0.2, 0.25) is 5.02 Å². The second kappa shape index (κ2) is 10.9. The van der Waals surface area contributed by atoms with Crippen LogP contribution < -0.4 is 25.0 Å². The van der Waals surface area contributed by atoms with E-state index in [0.29, 0.717) is 40.0 Å². The molecule has 0 saturated carbocycles. The molecule has 1 heterocycles. The van der Waals surface area contributed by atoms with Crippen molar-refractivity contribution in [2.75, 3.05) is 13.4 Å². The van der Waals surface area contributed by atoms with Crippen LogP contribution in [0.5, 0.6) is 17.2 Å². The predicted molar refractivity (Wildman–Crippen MR) is 122 cm³/mol. The van der Waals surface area contributed by atoms with E-state index in [2.05, 4.69) is 15.8 Å². The van der Waals surface area contributed by atoms with Crippen molar-refractivity contribution >= 4 is 29.6 Å². The average molecular weight is 460 g/mol. The van der Waals surface area contributed by atoms with Crippen molar-refractivity contribution in [3.8, 4) is 17.2 Å². The van der Waals surface area contributed by atoms with Gasteiger partial charge in [0.2, 0.25) is 6.79 Å². The maximum absolute atomic E-state index is 12.7. The summed E-state index contributed by atoms with van der Waals surface area (Å²) >= 11 is 6.07. The standard InChI is InChI=1S/C23H26ClN3O5/c1-4-9-30-18-8-6-17(24)10-16(18)12-25-27-23(29)21(14(2)3)26-22(28)15-5-7-19-20(11-15)32-13-31-19/h5-8,10-12,14,21H,4,9,13H2,1-3H3,(H,26,28)(H,27,29). The molecule has 0 aromatic heterocycles. The first kappa shape index (κ1) is 23.4. The summed E-state index contributed by atoms with van der Waals surface area (Å²) in [5, 5.41) is 7.31. The third kappa shape index (κ3) is 5.91. The van der Waals surface area contributed by atoms with Crippen LogP contribution in [-0.2, 0) is 4.79 Å². The van der Waals surface area contributed by atoms with Crippen LogP contribution in [0.3, 0.4) is 0 Å². The number of hydrazone groups is 1. The number of amides is 2. The van der Waals surface area contributed by atoms with Crippen molar-refractivity contribution in [1.82, 2.24) is 10.7 Å². The van der Waals surface area contributed by atoms with Crippen molar-refractivity contribution in [1.29, 1.82) is 0 Å². The highest BCUT2D eigenvalue weighted by molar-refractivity contribution is 6.30. The van der Waals surface area contributed by atoms with Crippen LogP contribution in [0, 0.1) is 5.92 Å². The molecule has 32 heavy (non-hydrogen) atoms. The van der Waals surface area contributed by atoms with Crippen LogP contribution in [0.25, 0.3) is 0 Å². The molecule has 1 unspecified atom stereocenters. The fourth-order valence-corrected chi connectivity index (χ4v) is 3.18. The lowest BCUT2D eigenvalue weighted by molar-refractivity contribution is -0.123. The molecule has 1 aliphatic heterocycles. The lowest BCUT2D eigenvalue weighted by Gasteiger charge is -2.20. The van der Waals surface area contributed by atoms with E-state index in [-0.39, 0.29) is 12.7 Å². The summed E-state index contributed by atoms with van der Waals surface area (Å²) in [6.07, 6.45) is 2.32. The smallest absolute Gasteiger partial charge is 0.262 e. The second-order valence-electron chi connectivity index (χ2n) is 7.53. The fourth-order valence-electron chi connectivity index (χ4n) is 3.00. The van der Waals surface area contributed by atoms with Crippen LogP contribution in [0.1, 0.15) is 43.1 Å². The highest BCUT2D eigenvalue weighted by Gasteiger charge is 2.25. The van der Waals surface area contributed by atoms with Gasteiger partial charge in [0.25, 0.3) is 11.8 Å². The Kier molecular flexibility index (Phi) is 7.94. The minimum absolute atomic E-state index is 0.118. The topological polar surface area (TPSA) is 98.2 Å². The Balaban J connectivity index is 1.65. The normalized spacial score (nSPS) is 13.3. The summed E-state index contributed by atoms with van der Waals surface area (Å²) in [6, 6.07) is 9.25. The number of fused-ring (bicyclic) bond motifs is 1. The number of carbonyl (C=O) groups excluding carboxylic acids is 2. The van der Waals surface area contributed by atoms with E-state index < -0.39 is 17.9 Å². The number of nitrogens with zero attached hydrogens (tertiary/aromatic N) is 1. The van der Waals surface area contributed by atoms with Crippen molar-refractivity contribution in [2.45, 2.75) is 33.2 Å². The molecular weight excluding hydrogens is 434 g/mol. The quantitative estimate of drug-likeness (QED) is 0.439. The molecule has 0 aliphatic carbocycles. The van der Waals surface area contributed by atoms with Gasteiger partial charge in [0, 0.05) is 16.1 Å². The van der Waals surface area contributed by atoms with E-state index in [9.17, 15) is 9.59 Å². The molecule has 0 fully saturated rings. The molecule has 0 radical (unpaired) electrons. The molecule has 2 N–H and O–H groups in total. The van der Waals surface area contributed by atoms with Crippen LogP contribution >= 0.6 is 11.6 Å². The van der Waals surface area contributed by atoms with E-state index in [1.54, 1.807) is 36.4 Å². The lowest BCUT2D eigenvalue weighted by atomic mass is 10.0. The zero-order chi connectivity index (χ0) is 23.1. The Bertz CT molecular complexity index is 1010. The summed E-state index contributed by atoms with van der Waals surface area (Å²) in [7, 11) is 0. The van der Waals surface area contributed by atoms with Gasteiger partial charge in [0.1, 0.15) is 11.8 Å². The first-order chi connectivity index (χ1) is 15.4. The minimum Gasteiger partial charge on any atom is -0.493 e. The molecule has 0 saturated heterocycles. The molecule has 0 spiro atoms. The average Bonchev–Trinajstić information content (AvgIpc) is 3.24. The van der Waals surface area contributed by atoms with Gasteiger partial charge in [-0.3, -0.25) is 9.59 Å². The van der Waals surface area contributed by atoms with Gasteiger partial charge in [0.05, 0.1) is 12.8 Å². The van der Waals surface area contributed by atoms with Gasteiger partial charge < -0.3 is 19.5 Å². The van der Waals surface area contributed by atoms with Crippen LogP contribution in [0.15, 0.2) is 41.5 Å². The van der Waals surface area contributed by atoms with E-state index in [4.69, 9.17) is 25.8 Å². The number of nitrogens with one attached hydrogen (secondary N) is 2. The minimum atomic E-state index is -0.791. The molecule has 9 heteroatoms. The summed E-state index contributed by atoms with van der Waals surface area (Å²) in [5.41, 5.74) is 3.49. The summed E-state index contributed by atoms with van der Waals surface area (Å²) in [6.45, 7) is 6.35. The van der Waals surface area contributed by atoms with Crippen LogP contribution in [-0.4, -0.2) is 37.5 Å². The zero-order valence-corrected chi connectivity index (χ0v) is 18.9. The van der Waals surface area contributed by atoms with E-state index in [0.717, 1.165) is 6.42 Å². The van der Waals surface area contributed by atoms with Gasteiger partial charge in [-0.15, -0.1) is 0 Å². The molecule has 8 nitrogen and oxygen atoms in total. The maximum atomic E-state index is 12.7. The highest BCUT2D eigenvalue weighted by atomic mass is 35.5. The summed E-state index contributed by atoms with van der Waals surface area (Å²) in [4.78, 5) is 25.4. The molecule has 0 bridgehead atoms. The molecule has 3 rings (SSSR count). The third-order valence-corrected chi connectivity index (χ3v) is 4.92. The number of hydrogen-bond donors (Lipinski definition) is 2. The SMILES string of the molecule is CCCOc1ccc(Cl)cc1C=NNC(=O)C(NC(=O)c1ccc2c(c1)OCO2)C(C)C. The Morgan fingerprint density at radius 2 is 1.97 bits per heavy atom. The van der Waals surface area contributed by atoms with E-state index in [1.807, 2.05) is 20.8 Å². The molecule has 2 aromatic rings. The van der Waals surface area contributed by atoms with Crippen molar-refractivity contribution in [3.05, 3.63) is 52.5 Å². The van der Waals surface area contributed by atoms with Crippen molar-refractivity contribution < 1.29 is 23.8 Å². The Labute approximate surface area is 191 Å². The lowest BCUT2D eigenvalue weighted by Crippen LogP contribution is -2.48. The van der Waals surface area contributed by atoms with E-state index in [1.165, 1.54) is 6.21 Å². The highest BCUT2D eigenvalue weighted by Crippen LogP contribution is 2.32. The largest absolute Gasteiger partial charge is 0.493 e. The molecule has 170 valence electrons. The second-order valence-corrected chi connectivity index (χ2v) is 7.96. The predicted octanol–water partition coefficient (Wildman–Crippen LogP) is 3.76. The van der Waals surface area contributed by atoms with Gasteiger partial charge in [-0.25, -0.2) is 5.43 Å². The van der Waals surface area contributed by atoms with Crippen molar-refractivity contribution in [2.24, 2.45) is 11.0 Å². The van der Waals surface area contributed by atoms with Gasteiger partial charge in [0.15, 0.2) is 11.5 Å². The maximum Gasteiger partial charge on any atom is 0.262 e. The van der Waals surface area contributed by atoms with Crippen molar-refractivity contribution in [3.63, 3.8) is 0 Å². The zero-order valence-electron chi connectivity index (χ0n) is 18.2. The number of halogens is 1. The van der Waals surface area contributed by atoms with Gasteiger partial charge in [-0.05, 0) is 48.7 Å². The molecule has 2 aromatic carbocycles. The number of hydrogen-bond acceptors (Lipinski definition) is 6. The van der Waals surface area contributed by atoms with Gasteiger partial charge >= 0.3 is 0 Å². The Morgan fingerprint density at radius 1 is 1.19 bits per heavy atom.